The van der Waals surface area contributed by atoms with Crippen LogP contribution >= 0.6 is 0 Å². The molecule has 0 bridgehead atoms. The fourth-order valence-electron chi connectivity index (χ4n) is 4.83. The van der Waals surface area contributed by atoms with E-state index in [1.165, 1.54) is 57.4 Å². The second-order valence-corrected chi connectivity index (χ2v) is 8.69. The van der Waals surface area contributed by atoms with Gasteiger partial charge in [-0.05, 0) is 59.6 Å². The molecule has 1 aliphatic rings. The van der Waals surface area contributed by atoms with E-state index in [0.717, 1.165) is 30.0 Å². The van der Waals surface area contributed by atoms with Gasteiger partial charge in [-0.2, -0.15) is 0 Å². The van der Waals surface area contributed by atoms with Gasteiger partial charge >= 0.3 is 5.97 Å². The minimum absolute atomic E-state index is 0.255. The number of hydrogen-bond acceptors (Lipinski definition) is 1. The van der Waals surface area contributed by atoms with Crippen molar-refractivity contribution in [3.8, 4) is 11.1 Å². The number of aromatic carboxylic acids is 1. The Labute approximate surface area is 178 Å². The normalized spacial score (nSPS) is 19.0. The summed E-state index contributed by atoms with van der Waals surface area (Å²) in [4.78, 5) is 11.8. The summed E-state index contributed by atoms with van der Waals surface area (Å²) in [6, 6.07) is 8.85. The minimum atomic E-state index is -0.978. The molecule has 162 valence electrons. The van der Waals surface area contributed by atoms with Crippen molar-refractivity contribution < 1.29 is 18.7 Å². The maximum absolute atomic E-state index is 13.8. The molecular formula is C26H32F2O2. The molecule has 1 fully saturated rings. The molecule has 0 atom stereocenters. The number of hydrogen-bond donors (Lipinski definition) is 1. The zero-order chi connectivity index (χ0) is 21.5. The molecule has 1 saturated carbocycles. The molecule has 0 amide bonds. The van der Waals surface area contributed by atoms with Crippen LogP contribution in [-0.2, 0) is 6.42 Å². The van der Waals surface area contributed by atoms with Crippen molar-refractivity contribution in [1.29, 1.82) is 0 Å². The Balaban J connectivity index is 1.71. The van der Waals surface area contributed by atoms with Gasteiger partial charge in [0.1, 0.15) is 0 Å². The molecule has 0 unspecified atom stereocenters. The molecule has 3 rings (SSSR count). The molecule has 2 nitrogen and oxygen atoms in total. The van der Waals surface area contributed by atoms with Crippen LogP contribution in [0.3, 0.4) is 0 Å². The summed E-state index contributed by atoms with van der Waals surface area (Å²) in [5, 5.41) is 9.68. The van der Waals surface area contributed by atoms with Crippen molar-refractivity contribution in [2.75, 3.05) is 0 Å². The SMILES string of the molecule is CCCCC[C@H]1CC[C@H](CCc2c(C(=O)O)cccc2-c2ccc(F)c(F)c2)CC1. The predicted molar refractivity (Wildman–Crippen MR) is 117 cm³/mol. The van der Waals surface area contributed by atoms with Crippen LogP contribution in [0, 0.1) is 23.5 Å². The summed E-state index contributed by atoms with van der Waals surface area (Å²) in [5.41, 5.74) is 2.18. The zero-order valence-corrected chi connectivity index (χ0v) is 17.8. The molecule has 0 spiro atoms. The highest BCUT2D eigenvalue weighted by Crippen LogP contribution is 2.36. The predicted octanol–water partition coefficient (Wildman–Crippen LogP) is 7.65. The van der Waals surface area contributed by atoms with Gasteiger partial charge in [0.2, 0.25) is 0 Å². The summed E-state index contributed by atoms with van der Waals surface area (Å²) in [6.07, 6.45) is 11.8. The smallest absolute Gasteiger partial charge is 0.335 e. The highest BCUT2D eigenvalue weighted by molar-refractivity contribution is 5.92. The third-order valence-corrected chi connectivity index (χ3v) is 6.62. The molecule has 1 aliphatic carbocycles. The number of carbonyl (C=O) groups is 1. The van der Waals surface area contributed by atoms with Crippen molar-refractivity contribution >= 4 is 5.97 Å². The molecule has 0 radical (unpaired) electrons. The third-order valence-electron chi connectivity index (χ3n) is 6.62. The average molecular weight is 415 g/mol. The molecule has 4 heteroatoms. The van der Waals surface area contributed by atoms with E-state index in [-0.39, 0.29) is 5.56 Å². The maximum Gasteiger partial charge on any atom is 0.335 e. The van der Waals surface area contributed by atoms with Crippen molar-refractivity contribution in [3.63, 3.8) is 0 Å². The van der Waals surface area contributed by atoms with Crippen molar-refractivity contribution in [2.45, 2.75) is 71.1 Å². The quantitative estimate of drug-likeness (QED) is 0.428. The average Bonchev–Trinajstić information content (AvgIpc) is 2.75. The Hall–Kier alpha value is -2.23. The first-order valence-electron chi connectivity index (χ1n) is 11.3. The van der Waals surface area contributed by atoms with Crippen LogP contribution in [0.2, 0.25) is 0 Å². The van der Waals surface area contributed by atoms with Crippen LogP contribution in [0.5, 0.6) is 0 Å². The topological polar surface area (TPSA) is 37.3 Å². The number of unbranched alkanes of at least 4 members (excludes halogenated alkanes) is 2. The summed E-state index contributed by atoms with van der Waals surface area (Å²) >= 11 is 0. The lowest BCUT2D eigenvalue weighted by atomic mass is 9.77. The fraction of sp³-hybridized carbons (Fsp3) is 0.500. The van der Waals surface area contributed by atoms with E-state index in [0.29, 0.717) is 23.5 Å². The maximum atomic E-state index is 13.8. The third kappa shape index (κ3) is 5.68. The van der Waals surface area contributed by atoms with E-state index in [4.69, 9.17) is 0 Å². The molecule has 0 aromatic heterocycles. The van der Waals surface area contributed by atoms with Crippen LogP contribution in [-0.4, -0.2) is 11.1 Å². The largest absolute Gasteiger partial charge is 0.478 e. The van der Waals surface area contributed by atoms with Gasteiger partial charge in [0.05, 0.1) is 5.56 Å². The summed E-state index contributed by atoms with van der Waals surface area (Å²) in [5.74, 6) is -1.34. The van der Waals surface area contributed by atoms with Crippen LogP contribution in [0.4, 0.5) is 8.78 Å². The van der Waals surface area contributed by atoms with Crippen LogP contribution in [0.1, 0.15) is 80.6 Å². The van der Waals surface area contributed by atoms with Crippen LogP contribution in [0.25, 0.3) is 11.1 Å². The number of halogens is 2. The summed E-state index contributed by atoms with van der Waals surface area (Å²) in [6.45, 7) is 2.24. The molecule has 0 saturated heterocycles. The van der Waals surface area contributed by atoms with Gasteiger partial charge in [0.25, 0.3) is 0 Å². The number of carboxylic acids is 1. The Kier molecular flexibility index (Phi) is 8.01. The van der Waals surface area contributed by atoms with E-state index in [1.54, 1.807) is 18.2 Å². The van der Waals surface area contributed by atoms with E-state index >= 15 is 0 Å². The van der Waals surface area contributed by atoms with Gasteiger partial charge in [-0.25, -0.2) is 13.6 Å². The molecule has 30 heavy (non-hydrogen) atoms. The molecule has 2 aromatic rings. The monoisotopic (exact) mass is 414 g/mol. The summed E-state index contributed by atoms with van der Waals surface area (Å²) < 4.78 is 27.2. The molecule has 2 aromatic carbocycles. The van der Waals surface area contributed by atoms with Gasteiger partial charge < -0.3 is 5.11 Å². The van der Waals surface area contributed by atoms with Gasteiger partial charge in [-0.3, -0.25) is 0 Å². The van der Waals surface area contributed by atoms with Gasteiger partial charge in [-0.1, -0.05) is 76.5 Å². The lowest BCUT2D eigenvalue weighted by Crippen LogP contribution is -2.16. The Morgan fingerprint density at radius 3 is 2.30 bits per heavy atom. The highest BCUT2D eigenvalue weighted by atomic mass is 19.2. The zero-order valence-electron chi connectivity index (χ0n) is 17.8. The lowest BCUT2D eigenvalue weighted by Gasteiger charge is -2.29. The Bertz CT molecular complexity index is 854. The van der Waals surface area contributed by atoms with Gasteiger partial charge in [0, 0.05) is 0 Å². The first kappa shape index (κ1) is 22.5. The van der Waals surface area contributed by atoms with Gasteiger partial charge in [0.15, 0.2) is 11.6 Å². The second kappa shape index (κ2) is 10.7. The number of benzene rings is 2. The summed E-state index contributed by atoms with van der Waals surface area (Å²) in [7, 11) is 0. The van der Waals surface area contributed by atoms with Crippen LogP contribution < -0.4 is 0 Å². The molecule has 1 N–H and O–H groups in total. The number of carboxylic acid groups (broad SMARTS) is 1. The Morgan fingerprint density at radius 1 is 0.967 bits per heavy atom. The lowest BCUT2D eigenvalue weighted by molar-refractivity contribution is 0.0695. The van der Waals surface area contributed by atoms with Crippen molar-refractivity contribution in [2.24, 2.45) is 11.8 Å². The minimum Gasteiger partial charge on any atom is -0.478 e. The molecule has 0 aliphatic heterocycles. The molecule has 0 heterocycles. The van der Waals surface area contributed by atoms with Crippen LogP contribution in [0.15, 0.2) is 36.4 Å². The second-order valence-electron chi connectivity index (χ2n) is 8.69. The van der Waals surface area contributed by atoms with E-state index in [9.17, 15) is 18.7 Å². The standard InChI is InChI=1S/C26H32F2O2/c1-2-3-4-6-18-9-11-19(12-10-18)13-15-22-21(7-5-8-23(22)26(29)30)20-14-16-24(27)25(28)17-20/h5,7-8,14,16-19H,2-4,6,9-13,15H2,1H3,(H,29,30)/t18-,19-. The highest BCUT2D eigenvalue weighted by Gasteiger charge is 2.22. The van der Waals surface area contributed by atoms with Crippen molar-refractivity contribution in [1.82, 2.24) is 0 Å². The van der Waals surface area contributed by atoms with E-state index in [2.05, 4.69) is 6.92 Å². The first-order chi connectivity index (χ1) is 14.5. The molecular weight excluding hydrogens is 382 g/mol. The first-order valence-corrected chi connectivity index (χ1v) is 11.3. The van der Waals surface area contributed by atoms with Gasteiger partial charge in [-0.15, -0.1) is 0 Å². The van der Waals surface area contributed by atoms with E-state index in [1.807, 2.05) is 0 Å². The van der Waals surface area contributed by atoms with E-state index < -0.39 is 17.6 Å². The Morgan fingerprint density at radius 2 is 1.67 bits per heavy atom. The number of rotatable bonds is 9. The van der Waals surface area contributed by atoms with Crippen molar-refractivity contribution in [3.05, 3.63) is 59.2 Å². The fourth-order valence-corrected chi connectivity index (χ4v) is 4.83.